The van der Waals surface area contributed by atoms with Gasteiger partial charge in [-0.2, -0.15) is 0 Å². The van der Waals surface area contributed by atoms with Crippen LogP contribution in [0, 0.1) is 0 Å². The van der Waals surface area contributed by atoms with Crippen molar-refractivity contribution >= 4 is 5.91 Å². The number of hydrogen-bond acceptors (Lipinski definition) is 1. The van der Waals surface area contributed by atoms with Crippen molar-refractivity contribution in [1.82, 2.24) is 9.88 Å². The van der Waals surface area contributed by atoms with Crippen molar-refractivity contribution in [3.8, 4) is 0 Å². The average molecular weight is 206 g/mol. The van der Waals surface area contributed by atoms with Gasteiger partial charge in [0.1, 0.15) is 6.04 Å². The second-order valence-electron chi connectivity index (χ2n) is 4.30. The Morgan fingerprint density at radius 2 is 1.93 bits per heavy atom. The predicted molar refractivity (Wildman–Crippen MR) is 59.5 cm³/mol. The molecule has 1 aliphatic carbocycles. The summed E-state index contributed by atoms with van der Waals surface area (Å²) in [6.45, 7) is 1.93. The molecule has 1 saturated carbocycles. The number of nitrogens with one attached hydrogen (secondary N) is 1. The fraction of sp³-hybridized carbons (Fsp3) is 0.583. The molecule has 82 valence electrons. The fourth-order valence-electron chi connectivity index (χ4n) is 2.13. The summed E-state index contributed by atoms with van der Waals surface area (Å²) in [6, 6.07) is 4.20. The minimum atomic E-state index is -0.0967. The van der Waals surface area contributed by atoms with E-state index in [9.17, 15) is 4.79 Å². The summed E-state index contributed by atoms with van der Waals surface area (Å²) in [7, 11) is 0. The van der Waals surface area contributed by atoms with Gasteiger partial charge in [-0.15, -0.1) is 0 Å². The van der Waals surface area contributed by atoms with E-state index < -0.39 is 0 Å². The number of carbonyl (C=O) groups is 1. The Balaban J connectivity index is 1.90. The third-order valence-corrected chi connectivity index (χ3v) is 3.16. The van der Waals surface area contributed by atoms with E-state index in [0.29, 0.717) is 6.04 Å². The van der Waals surface area contributed by atoms with E-state index in [-0.39, 0.29) is 11.9 Å². The molecule has 0 saturated heterocycles. The SMILES string of the molecule is CC(C(=O)NC1CCCC1)n1cccc1. The standard InChI is InChI=1S/C12H18N2O/c1-10(14-8-4-5-9-14)12(15)13-11-6-2-3-7-11/h4-5,8-11H,2-3,6-7H2,1H3,(H,13,15). The zero-order valence-corrected chi connectivity index (χ0v) is 9.15. The molecule has 0 spiro atoms. The molecule has 1 heterocycles. The molecule has 15 heavy (non-hydrogen) atoms. The molecule has 3 heteroatoms. The van der Waals surface area contributed by atoms with E-state index in [0.717, 1.165) is 12.8 Å². The molecule has 0 aromatic carbocycles. The van der Waals surface area contributed by atoms with Gasteiger partial charge in [-0.05, 0) is 31.9 Å². The van der Waals surface area contributed by atoms with Crippen molar-refractivity contribution < 1.29 is 4.79 Å². The van der Waals surface area contributed by atoms with E-state index in [1.807, 2.05) is 36.0 Å². The number of carbonyl (C=O) groups excluding carboxylic acids is 1. The molecule has 0 radical (unpaired) electrons. The maximum atomic E-state index is 11.9. The molecule has 1 amide bonds. The Labute approximate surface area is 90.5 Å². The number of nitrogens with zero attached hydrogens (tertiary/aromatic N) is 1. The van der Waals surface area contributed by atoms with Gasteiger partial charge in [0.2, 0.25) is 5.91 Å². The van der Waals surface area contributed by atoms with E-state index in [2.05, 4.69) is 5.32 Å². The highest BCUT2D eigenvalue weighted by atomic mass is 16.2. The van der Waals surface area contributed by atoms with Crippen molar-refractivity contribution in [1.29, 1.82) is 0 Å². The van der Waals surface area contributed by atoms with E-state index in [1.54, 1.807) is 0 Å². The lowest BCUT2D eigenvalue weighted by molar-refractivity contribution is -0.124. The summed E-state index contributed by atoms with van der Waals surface area (Å²) < 4.78 is 1.93. The van der Waals surface area contributed by atoms with Crippen molar-refractivity contribution in [2.45, 2.75) is 44.7 Å². The Morgan fingerprint density at radius 1 is 1.33 bits per heavy atom. The molecule has 1 aromatic rings. The molecule has 1 unspecified atom stereocenters. The largest absolute Gasteiger partial charge is 0.352 e. The summed E-state index contributed by atoms with van der Waals surface area (Å²) in [4.78, 5) is 11.9. The normalized spacial score (nSPS) is 19.0. The van der Waals surface area contributed by atoms with Crippen molar-refractivity contribution in [2.24, 2.45) is 0 Å². The maximum Gasteiger partial charge on any atom is 0.242 e. The number of aromatic nitrogens is 1. The quantitative estimate of drug-likeness (QED) is 0.807. The molecule has 0 aliphatic heterocycles. The fourth-order valence-corrected chi connectivity index (χ4v) is 2.13. The lowest BCUT2D eigenvalue weighted by Crippen LogP contribution is -2.37. The van der Waals surface area contributed by atoms with Crippen molar-refractivity contribution in [3.63, 3.8) is 0 Å². The summed E-state index contributed by atoms with van der Waals surface area (Å²) in [6.07, 6.45) is 8.65. The van der Waals surface area contributed by atoms with E-state index in [1.165, 1.54) is 12.8 Å². The Bertz CT molecular complexity index is 312. The van der Waals surface area contributed by atoms with Crippen LogP contribution in [-0.2, 0) is 4.79 Å². The minimum Gasteiger partial charge on any atom is -0.352 e. The highest BCUT2D eigenvalue weighted by Gasteiger charge is 2.20. The first-order chi connectivity index (χ1) is 7.27. The lowest BCUT2D eigenvalue weighted by Gasteiger charge is -2.17. The van der Waals surface area contributed by atoms with Crippen LogP contribution in [0.1, 0.15) is 38.6 Å². The van der Waals surface area contributed by atoms with Crippen LogP contribution in [0.15, 0.2) is 24.5 Å². The van der Waals surface area contributed by atoms with Crippen LogP contribution in [0.3, 0.4) is 0 Å². The number of hydrogen-bond donors (Lipinski definition) is 1. The first kappa shape index (κ1) is 10.3. The van der Waals surface area contributed by atoms with Gasteiger partial charge in [0.25, 0.3) is 0 Å². The van der Waals surface area contributed by atoms with Crippen LogP contribution >= 0.6 is 0 Å². The third kappa shape index (κ3) is 2.41. The van der Waals surface area contributed by atoms with Crippen LogP contribution in [0.5, 0.6) is 0 Å². The predicted octanol–water partition coefficient (Wildman–Crippen LogP) is 2.11. The van der Waals surface area contributed by atoms with Crippen LogP contribution in [-0.4, -0.2) is 16.5 Å². The van der Waals surface area contributed by atoms with Crippen molar-refractivity contribution in [2.75, 3.05) is 0 Å². The van der Waals surface area contributed by atoms with Gasteiger partial charge >= 0.3 is 0 Å². The monoisotopic (exact) mass is 206 g/mol. The first-order valence-corrected chi connectivity index (χ1v) is 5.70. The molecule has 1 atom stereocenters. The van der Waals surface area contributed by atoms with E-state index >= 15 is 0 Å². The second-order valence-corrected chi connectivity index (χ2v) is 4.30. The molecule has 0 bridgehead atoms. The first-order valence-electron chi connectivity index (χ1n) is 5.70. The molecule has 1 N–H and O–H groups in total. The van der Waals surface area contributed by atoms with Gasteiger partial charge < -0.3 is 9.88 Å². The number of amides is 1. The molecule has 1 aromatic heterocycles. The summed E-state index contributed by atoms with van der Waals surface area (Å²) in [5, 5.41) is 3.11. The van der Waals surface area contributed by atoms with Crippen LogP contribution in [0.4, 0.5) is 0 Å². The van der Waals surface area contributed by atoms with Crippen LogP contribution in [0.2, 0.25) is 0 Å². The van der Waals surface area contributed by atoms with Gasteiger partial charge in [0, 0.05) is 18.4 Å². The maximum absolute atomic E-state index is 11.9. The molecule has 3 nitrogen and oxygen atoms in total. The van der Waals surface area contributed by atoms with Gasteiger partial charge in [0.05, 0.1) is 0 Å². The third-order valence-electron chi connectivity index (χ3n) is 3.16. The van der Waals surface area contributed by atoms with Gasteiger partial charge in [-0.25, -0.2) is 0 Å². The zero-order chi connectivity index (χ0) is 10.7. The van der Waals surface area contributed by atoms with Crippen LogP contribution < -0.4 is 5.32 Å². The highest BCUT2D eigenvalue weighted by molar-refractivity contribution is 5.80. The van der Waals surface area contributed by atoms with Crippen molar-refractivity contribution in [3.05, 3.63) is 24.5 Å². The molecule has 1 fully saturated rings. The topological polar surface area (TPSA) is 34.0 Å². The molecule has 2 rings (SSSR count). The van der Waals surface area contributed by atoms with E-state index in [4.69, 9.17) is 0 Å². The van der Waals surface area contributed by atoms with Crippen LogP contribution in [0.25, 0.3) is 0 Å². The lowest BCUT2D eigenvalue weighted by atomic mass is 10.2. The minimum absolute atomic E-state index is 0.0967. The van der Waals surface area contributed by atoms with Gasteiger partial charge in [-0.3, -0.25) is 4.79 Å². The zero-order valence-electron chi connectivity index (χ0n) is 9.15. The summed E-state index contributed by atoms with van der Waals surface area (Å²) in [5.41, 5.74) is 0. The number of rotatable bonds is 3. The van der Waals surface area contributed by atoms with Gasteiger partial charge in [-0.1, -0.05) is 12.8 Å². The van der Waals surface area contributed by atoms with Gasteiger partial charge in [0.15, 0.2) is 0 Å². The molecular weight excluding hydrogens is 188 g/mol. The second kappa shape index (κ2) is 4.51. The molecular formula is C12H18N2O. The Kier molecular flexibility index (Phi) is 3.09. The Morgan fingerprint density at radius 3 is 2.53 bits per heavy atom. The smallest absolute Gasteiger partial charge is 0.242 e. The highest BCUT2D eigenvalue weighted by Crippen LogP contribution is 2.18. The summed E-state index contributed by atoms with van der Waals surface area (Å²) in [5.74, 6) is 0.137. The average Bonchev–Trinajstić information content (AvgIpc) is 2.88. The summed E-state index contributed by atoms with van der Waals surface area (Å²) >= 11 is 0. The molecule has 1 aliphatic rings. The Hall–Kier alpha value is -1.25.